The third-order valence-electron chi connectivity index (χ3n) is 1.64. The first-order chi connectivity index (χ1) is 6.63. The SMILES string of the molecule is Cc1[c-]c(O)c(OCC(O)CBr)cc1.[Y+3]. The van der Waals surface area contributed by atoms with Crippen LogP contribution in [-0.4, -0.2) is 28.3 Å². The van der Waals surface area contributed by atoms with Crippen molar-refractivity contribution in [3.8, 4) is 11.5 Å². The van der Waals surface area contributed by atoms with Crippen LogP contribution >= 0.6 is 15.9 Å². The quantitative estimate of drug-likeness (QED) is 0.642. The Morgan fingerprint density at radius 2 is 2.20 bits per heavy atom. The van der Waals surface area contributed by atoms with E-state index in [1.807, 2.05) is 6.92 Å². The number of phenols is 1. The normalized spacial score (nSPS) is 11.7. The molecule has 3 nitrogen and oxygen atoms in total. The van der Waals surface area contributed by atoms with Crippen LogP contribution < -0.4 is 4.74 Å². The van der Waals surface area contributed by atoms with E-state index in [4.69, 9.17) is 4.74 Å². The topological polar surface area (TPSA) is 49.7 Å². The van der Waals surface area contributed by atoms with Gasteiger partial charge in [0.05, 0.1) is 12.7 Å². The molecule has 78 valence electrons. The molecule has 0 aliphatic heterocycles. The molecule has 0 fully saturated rings. The number of hydrogen-bond acceptors (Lipinski definition) is 3. The van der Waals surface area contributed by atoms with Crippen LogP contribution in [0.15, 0.2) is 12.1 Å². The number of hydrogen-bond donors (Lipinski definition) is 2. The van der Waals surface area contributed by atoms with Crippen molar-refractivity contribution in [2.24, 2.45) is 0 Å². The van der Waals surface area contributed by atoms with Crippen molar-refractivity contribution in [1.82, 2.24) is 0 Å². The summed E-state index contributed by atoms with van der Waals surface area (Å²) in [5.41, 5.74) is 0.843. The molecule has 1 atom stereocenters. The molecule has 0 spiro atoms. The fourth-order valence-corrected chi connectivity index (χ4v) is 1.10. The zero-order valence-electron chi connectivity index (χ0n) is 8.40. The Balaban J connectivity index is 0.00000196. The molecule has 0 aromatic heterocycles. The minimum absolute atomic E-state index is 0. The van der Waals surface area contributed by atoms with Gasteiger partial charge in [-0.15, -0.1) is 12.1 Å². The fourth-order valence-electron chi connectivity index (χ4n) is 0.917. The van der Waals surface area contributed by atoms with Gasteiger partial charge in [0.25, 0.3) is 0 Å². The van der Waals surface area contributed by atoms with Crippen molar-refractivity contribution < 1.29 is 47.7 Å². The van der Waals surface area contributed by atoms with Gasteiger partial charge in [-0.1, -0.05) is 22.9 Å². The molecule has 0 saturated carbocycles. The predicted octanol–water partition coefficient (Wildman–Crippen LogP) is 1.63. The fraction of sp³-hybridized carbons (Fsp3) is 0.400. The Labute approximate surface area is 123 Å². The minimum Gasteiger partial charge on any atom is -0.545 e. The smallest absolute Gasteiger partial charge is 0.545 e. The van der Waals surface area contributed by atoms with Crippen molar-refractivity contribution in [2.45, 2.75) is 13.0 Å². The van der Waals surface area contributed by atoms with E-state index >= 15 is 0 Å². The molecule has 1 aromatic rings. The minimum atomic E-state index is -0.573. The molecule has 5 heteroatoms. The summed E-state index contributed by atoms with van der Waals surface area (Å²) >= 11 is 3.12. The molecule has 0 aliphatic carbocycles. The number of phenolic OH excluding ortho intramolecular Hbond substituents is 1. The van der Waals surface area contributed by atoms with Gasteiger partial charge < -0.3 is 14.9 Å². The Hall–Kier alpha value is 0.364. The second-order valence-corrected chi connectivity index (χ2v) is 3.62. The van der Waals surface area contributed by atoms with Gasteiger partial charge in [-0.25, -0.2) is 0 Å². The van der Waals surface area contributed by atoms with E-state index in [2.05, 4.69) is 22.0 Å². The summed E-state index contributed by atoms with van der Waals surface area (Å²) in [6.45, 7) is 1.98. The van der Waals surface area contributed by atoms with Crippen LogP contribution in [0.25, 0.3) is 0 Å². The van der Waals surface area contributed by atoms with Crippen LogP contribution in [-0.2, 0) is 32.7 Å². The maximum Gasteiger partial charge on any atom is 3.00 e. The Morgan fingerprint density at radius 3 is 2.73 bits per heavy atom. The molecule has 15 heavy (non-hydrogen) atoms. The first-order valence-corrected chi connectivity index (χ1v) is 5.34. The Kier molecular flexibility index (Phi) is 7.79. The van der Waals surface area contributed by atoms with E-state index in [0.29, 0.717) is 11.1 Å². The van der Waals surface area contributed by atoms with Gasteiger partial charge in [-0.3, -0.25) is 0 Å². The number of aromatic hydroxyl groups is 1. The summed E-state index contributed by atoms with van der Waals surface area (Å²) in [7, 11) is 0. The monoisotopic (exact) mass is 348 g/mol. The number of aliphatic hydroxyl groups excluding tert-OH is 1. The van der Waals surface area contributed by atoms with Crippen LogP contribution in [0.3, 0.4) is 0 Å². The average molecular weight is 349 g/mol. The van der Waals surface area contributed by atoms with Crippen molar-refractivity contribution >= 4 is 15.9 Å². The third kappa shape index (κ3) is 5.29. The van der Waals surface area contributed by atoms with E-state index in [1.54, 1.807) is 12.1 Å². The van der Waals surface area contributed by atoms with Gasteiger partial charge in [0, 0.05) is 16.8 Å². The van der Waals surface area contributed by atoms with Crippen LogP contribution in [0.2, 0.25) is 0 Å². The molecule has 0 bridgehead atoms. The zero-order valence-corrected chi connectivity index (χ0v) is 12.8. The average Bonchev–Trinajstić information content (AvgIpc) is 2.16. The largest absolute Gasteiger partial charge is 3.00 e. The van der Waals surface area contributed by atoms with Crippen LogP contribution in [0.5, 0.6) is 11.5 Å². The zero-order chi connectivity index (χ0) is 10.6. The van der Waals surface area contributed by atoms with Crippen molar-refractivity contribution in [3.05, 3.63) is 23.8 Å². The van der Waals surface area contributed by atoms with Crippen molar-refractivity contribution in [1.29, 1.82) is 0 Å². The summed E-state index contributed by atoms with van der Waals surface area (Å²) in [4.78, 5) is 0. The molecule has 1 unspecified atom stereocenters. The van der Waals surface area contributed by atoms with E-state index in [1.165, 1.54) is 0 Å². The van der Waals surface area contributed by atoms with E-state index in [9.17, 15) is 10.2 Å². The molecule has 0 heterocycles. The number of rotatable bonds is 4. The molecule has 0 radical (unpaired) electrons. The van der Waals surface area contributed by atoms with Gasteiger partial charge in [0.15, 0.2) is 0 Å². The second kappa shape index (κ2) is 7.61. The number of aliphatic hydroxyl groups is 1. The number of alkyl halides is 1. The summed E-state index contributed by atoms with van der Waals surface area (Å²) < 4.78 is 5.18. The molecular weight excluding hydrogens is 337 g/mol. The number of ether oxygens (including phenoxy) is 1. The van der Waals surface area contributed by atoms with Crippen LogP contribution in [0.4, 0.5) is 0 Å². The van der Waals surface area contributed by atoms with E-state index in [-0.39, 0.29) is 45.1 Å². The molecule has 0 amide bonds. The van der Waals surface area contributed by atoms with Crippen LogP contribution in [0.1, 0.15) is 5.56 Å². The second-order valence-electron chi connectivity index (χ2n) is 2.97. The van der Waals surface area contributed by atoms with Crippen molar-refractivity contribution in [2.75, 3.05) is 11.9 Å². The number of halogens is 1. The van der Waals surface area contributed by atoms with Gasteiger partial charge >= 0.3 is 32.7 Å². The summed E-state index contributed by atoms with van der Waals surface area (Å²) in [5.74, 6) is 0.322. The van der Waals surface area contributed by atoms with E-state index in [0.717, 1.165) is 5.56 Å². The molecule has 1 aromatic carbocycles. The Morgan fingerprint density at radius 1 is 1.53 bits per heavy atom. The van der Waals surface area contributed by atoms with E-state index < -0.39 is 6.10 Å². The Bertz CT molecular complexity index is 307. The number of aryl methyl sites for hydroxylation is 1. The summed E-state index contributed by atoms with van der Waals surface area (Å²) in [6.07, 6.45) is -0.573. The molecule has 1 rings (SSSR count). The molecule has 0 aliphatic rings. The first-order valence-electron chi connectivity index (χ1n) is 4.22. The first kappa shape index (κ1) is 15.4. The maximum atomic E-state index is 9.40. The van der Waals surface area contributed by atoms with Gasteiger partial charge in [-0.2, -0.15) is 11.6 Å². The van der Waals surface area contributed by atoms with Gasteiger partial charge in [0.1, 0.15) is 0 Å². The molecular formula is C10H12BrO3Y+2. The third-order valence-corrected chi connectivity index (χ3v) is 2.39. The van der Waals surface area contributed by atoms with Crippen LogP contribution in [0, 0.1) is 13.0 Å². The van der Waals surface area contributed by atoms with Gasteiger partial charge in [0.2, 0.25) is 0 Å². The van der Waals surface area contributed by atoms with Gasteiger partial charge in [-0.05, 0) is 0 Å². The molecule has 2 N–H and O–H groups in total. The summed E-state index contributed by atoms with van der Waals surface area (Å²) in [6, 6.07) is 6.16. The van der Waals surface area contributed by atoms with Crippen molar-refractivity contribution in [3.63, 3.8) is 0 Å². The summed E-state index contributed by atoms with van der Waals surface area (Å²) in [5, 5.41) is 19.1. The molecule has 0 saturated heterocycles. The predicted molar refractivity (Wildman–Crippen MR) is 57.0 cm³/mol. The standard InChI is InChI=1S/C10H12BrO3.Y/c1-7-2-3-10(9(13)4-7)14-6-8(12)5-11;/h2-3,8,12-13H,5-6H2,1H3;/q-1;+3. The maximum absolute atomic E-state index is 9.40. The number of benzene rings is 1.